The molecule has 3 aromatic heterocycles. The van der Waals surface area contributed by atoms with Gasteiger partial charge in [-0.3, -0.25) is 14.0 Å². The predicted octanol–water partition coefficient (Wildman–Crippen LogP) is 4.43. The van der Waals surface area contributed by atoms with Crippen LogP contribution in [0, 0.1) is 13.8 Å². The quantitative estimate of drug-likeness (QED) is 0.366. The molecule has 0 saturated carbocycles. The van der Waals surface area contributed by atoms with Gasteiger partial charge < -0.3 is 5.32 Å². The lowest BCUT2D eigenvalue weighted by Crippen LogP contribution is -2.23. The average molecular weight is 491 g/mol. The zero-order valence-electron chi connectivity index (χ0n) is 18.3. The Balaban J connectivity index is 1.57. The lowest BCUT2D eigenvalue weighted by atomic mass is 10.1. The fraction of sp³-hybridized carbons (Fsp3) is 0.125. The van der Waals surface area contributed by atoms with Crippen LogP contribution in [0.15, 0.2) is 70.7 Å². The van der Waals surface area contributed by atoms with Crippen molar-refractivity contribution < 1.29 is 4.79 Å². The van der Waals surface area contributed by atoms with E-state index in [9.17, 15) is 9.59 Å². The van der Waals surface area contributed by atoms with Crippen molar-refractivity contribution >= 4 is 51.8 Å². The second kappa shape index (κ2) is 8.92. The molecule has 2 aromatic carbocycles. The number of rotatable bonds is 5. The van der Waals surface area contributed by atoms with Gasteiger partial charge >= 0.3 is 0 Å². The number of carbonyl (C=O) groups is 1. The van der Waals surface area contributed by atoms with Gasteiger partial charge in [-0.1, -0.05) is 47.6 Å². The number of amides is 1. The molecule has 5 rings (SSSR count). The van der Waals surface area contributed by atoms with Crippen molar-refractivity contribution in [1.29, 1.82) is 0 Å². The number of pyridine rings is 1. The first-order valence-electron chi connectivity index (χ1n) is 10.4. The number of nitrogens with zero attached hydrogens (tertiary/aromatic N) is 5. The second-order valence-electron chi connectivity index (χ2n) is 7.69. The number of fused-ring (bicyclic) bond motifs is 3. The Kier molecular flexibility index (Phi) is 5.80. The fourth-order valence-corrected chi connectivity index (χ4v) is 4.58. The van der Waals surface area contributed by atoms with Crippen molar-refractivity contribution in [3.8, 4) is 5.69 Å². The molecule has 170 valence electrons. The van der Waals surface area contributed by atoms with Crippen LogP contribution >= 0.6 is 23.4 Å². The van der Waals surface area contributed by atoms with Crippen molar-refractivity contribution in [1.82, 2.24) is 24.1 Å². The van der Waals surface area contributed by atoms with E-state index in [-0.39, 0.29) is 17.2 Å². The summed E-state index contributed by atoms with van der Waals surface area (Å²) in [5.74, 6) is 0.640. The number of benzene rings is 2. The van der Waals surface area contributed by atoms with Gasteiger partial charge in [0.05, 0.1) is 27.4 Å². The summed E-state index contributed by atoms with van der Waals surface area (Å²) in [6.45, 7) is 3.98. The van der Waals surface area contributed by atoms with E-state index in [0.717, 1.165) is 16.8 Å². The summed E-state index contributed by atoms with van der Waals surface area (Å²) in [5, 5.41) is 12.9. The molecule has 3 heterocycles. The molecule has 8 nitrogen and oxygen atoms in total. The summed E-state index contributed by atoms with van der Waals surface area (Å²) in [6.07, 6.45) is 1.47. The maximum absolute atomic E-state index is 13.5. The van der Waals surface area contributed by atoms with Crippen molar-refractivity contribution in [3.05, 3.63) is 87.3 Å². The topological polar surface area (TPSA) is 94.2 Å². The molecular formula is C24H19ClN6O2S. The largest absolute Gasteiger partial charge is 0.310 e. The zero-order chi connectivity index (χ0) is 23.8. The van der Waals surface area contributed by atoms with Gasteiger partial charge in [-0.15, -0.1) is 10.2 Å². The standard InChI is InChI=1S/C24H19ClN6O2S/c1-14-6-5-9-18(15(14)2)30-22(33)17-7-3-4-8-19(17)31-23(30)28-29-24(31)34-13-21(32)27-20-11-10-16(25)12-26-20/h3-12H,13H2,1-2H3,(H,26,27,32). The van der Waals surface area contributed by atoms with Gasteiger partial charge in [-0.2, -0.15) is 0 Å². The summed E-state index contributed by atoms with van der Waals surface area (Å²) in [7, 11) is 0. The molecule has 0 saturated heterocycles. The maximum atomic E-state index is 13.5. The highest BCUT2D eigenvalue weighted by atomic mass is 35.5. The van der Waals surface area contributed by atoms with E-state index in [1.807, 2.05) is 54.6 Å². The summed E-state index contributed by atoms with van der Waals surface area (Å²) >= 11 is 7.07. The third-order valence-electron chi connectivity index (χ3n) is 5.54. The van der Waals surface area contributed by atoms with Crippen LogP contribution in [0.1, 0.15) is 11.1 Å². The van der Waals surface area contributed by atoms with Gasteiger partial charge in [-0.05, 0) is 55.3 Å². The van der Waals surface area contributed by atoms with Gasteiger partial charge in [0.15, 0.2) is 5.16 Å². The molecule has 5 aromatic rings. The fourth-order valence-electron chi connectivity index (χ4n) is 3.73. The highest BCUT2D eigenvalue weighted by molar-refractivity contribution is 7.99. The Labute approximate surface area is 203 Å². The highest BCUT2D eigenvalue weighted by Gasteiger charge is 2.19. The Hall–Kier alpha value is -3.69. The van der Waals surface area contributed by atoms with Crippen molar-refractivity contribution in [2.75, 3.05) is 11.1 Å². The molecule has 0 bridgehead atoms. The minimum atomic E-state index is -0.247. The zero-order valence-corrected chi connectivity index (χ0v) is 19.9. The third-order valence-corrected chi connectivity index (χ3v) is 6.69. The molecule has 34 heavy (non-hydrogen) atoms. The molecule has 0 aliphatic rings. The molecule has 1 amide bonds. The number of halogens is 1. The average Bonchev–Trinajstić information content (AvgIpc) is 3.26. The smallest absolute Gasteiger partial charge is 0.267 e. The number of para-hydroxylation sites is 1. The van der Waals surface area contributed by atoms with E-state index in [2.05, 4.69) is 20.5 Å². The van der Waals surface area contributed by atoms with E-state index in [0.29, 0.717) is 32.7 Å². The molecule has 0 aliphatic heterocycles. The summed E-state index contributed by atoms with van der Waals surface area (Å²) in [4.78, 5) is 30.1. The van der Waals surface area contributed by atoms with Crippen LogP contribution in [-0.2, 0) is 4.79 Å². The number of hydrogen-bond acceptors (Lipinski definition) is 6. The lowest BCUT2D eigenvalue weighted by Gasteiger charge is -2.14. The second-order valence-corrected chi connectivity index (χ2v) is 9.07. The van der Waals surface area contributed by atoms with Gasteiger partial charge in [0.1, 0.15) is 5.82 Å². The van der Waals surface area contributed by atoms with Crippen molar-refractivity contribution in [2.24, 2.45) is 0 Å². The molecule has 0 unspecified atom stereocenters. The Morgan fingerprint density at radius 2 is 1.88 bits per heavy atom. The molecule has 0 fully saturated rings. The normalized spacial score (nSPS) is 11.3. The van der Waals surface area contributed by atoms with Crippen molar-refractivity contribution in [2.45, 2.75) is 19.0 Å². The molecule has 10 heteroatoms. The highest BCUT2D eigenvalue weighted by Crippen LogP contribution is 2.25. The van der Waals surface area contributed by atoms with Crippen LogP contribution < -0.4 is 10.9 Å². The number of carbonyl (C=O) groups excluding carboxylic acids is 1. The van der Waals surface area contributed by atoms with E-state index < -0.39 is 0 Å². The minimum absolute atomic E-state index is 0.0853. The first kappa shape index (κ1) is 22.1. The molecule has 0 atom stereocenters. The van der Waals surface area contributed by atoms with E-state index in [1.165, 1.54) is 18.0 Å². The number of hydrogen-bond donors (Lipinski definition) is 1. The maximum Gasteiger partial charge on any atom is 0.267 e. The minimum Gasteiger partial charge on any atom is -0.310 e. The summed E-state index contributed by atoms with van der Waals surface area (Å²) in [5.41, 5.74) is 3.30. The summed E-state index contributed by atoms with van der Waals surface area (Å²) in [6, 6.07) is 16.4. The predicted molar refractivity (Wildman–Crippen MR) is 134 cm³/mol. The summed E-state index contributed by atoms with van der Waals surface area (Å²) < 4.78 is 3.40. The van der Waals surface area contributed by atoms with Gasteiger partial charge in [0.25, 0.3) is 5.56 Å². The van der Waals surface area contributed by atoms with Gasteiger partial charge in [-0.25, -0.2) is 9.55 Å². The van der Waals surface area contributed by atoms with Crippen LogP contribution in [0.2, 0.25) is 5.02 Å². The SMILES string of the molecule is Cc1cccc(-n2c(=O)c3ccccc3n3c(SCC(=O)Nc4ccc(Cl)cn4)nnc23)c1C. The Morgan fingerprint density at radius 3 is 2.68 bits per heavy atom. The number of thioether (sulfide) groups is 1. The molecular weight excluding hydrogens is 472 g/mol. The van der Waals surface area contributed by atoms with Gasteiger partial charge in [0.2, 0.25) is 11.7 Å². The molecule has 0 radical (unpaired) electrons. The van der Waals surface area contributed by atoms with Crippen LogP contribution in [0.5, 0.6) is 0 Å². The first-order chi connectivity index (χ1) is 16.4. The van der Waals surface area contributed by atoms with Crippen molar-refractivity contribution in [3.63, 3.8) is 0 Å². The molecule has 1 N–H and O–H groups in total. The lowest BCUT2D eigenvalue weighted by molar-refractivity contribution is -0.113. The number of aryl methyl sites for hydroxylation is 1. The van der Waals surface area contributed by atoms with Crippen LogP contribution in [0.3, 0.4) is 0 Å². The first-order valence-corrected chi connectivity index (χ1v) is 11.8. The molecule has 0 aliphatic carbocycles. The van der Waals surface area contributed by atoms with E-state index in [1.54, 1.807) is 22.8 Å². The van der Waals surface area contributed by atoms with Crippen LogP contribution in [0.25, 0.3) is 22.4 Å². The number of anilines is 1. The Morgan fingerprint density at radius 1 is 1.06 bits per heavy atom. The Bertz CT molecular complexity index is 1610. The molecule has 0 spiro atoms. The van der Waals surface area contributed by atoms with Gasteiger partial charge in [0, 0.05) is 6.20 Å². The van der Waals surface area contributed by atoms with Crippen LogP contribution in [-0.4, -0.2) is 35.8 Å². The van der Waals surface area contributed by atoms with E-state index in [4.69, 9.17) is 11.6 Å². The van der Waals surface area contributed by atoms with Crippen LogP contribution in [0.4, 0.5) is 5.82 Å². The number of aromatic nitrogens is 5. The monoisotopic (exact) mass is 490 g/mol. The third kappa shape index (κ3) is 3.93. The number of nitrogens with one attached hydrogen (secondary N) is 1. The van der Waals surface area contributed by atoms with E-state index >= 15 is 0 Å².